The SMILES string of the molecule is CCc1ccc2[nH]nc(C(=O)NC)c2c1. The molecule has 78 valence electrons. The lowest BCUT2D eigenvalue weighted by Crippen LogP contribution is -2.18. The van der Waals surface area contributed by atoms with E-state index in [9.17, 15) is 4.79 Å². The second-order valence-electron chi connectivity index (χ2n) is 3.38. The van der Waals surface area contributed by atoms with Crippen LogP contribution < -0.4 is 5.32 Å². The van der Waals surface area contributed by atoms with E-state index in [1.54, 1.807) is 7.05 Å². The van der Waals surface area contributed by atoms with Crippen molar-refractivity contribution in [1.29, 1.82) is 0 Å². The van der Waals surface area contributed by atoms with E-state index in [0.29, 0.717) is 5.69 Å². The maximum Gasteiger partial charge on any atom is 0.272 e. The summed E-state index contributed by atoms with van der Waals surface area (Å²) in [4.78, 5) is 11.5. The minimum absolute atomic E-state index is 0.158. The van der Waals surface area contributed by atoms with Crippen molar-refractivity contribution in [2.24, 2.45) is 0 Å². The molecule has 1 aromatic heterocycles. The summed E-state index contributed by atoms with van der Waals surface area (Å²) >= 11 is 0. The van der Waals surface area contributed by atoms with Crippen LogP contribution in [-0.2, 0) is 6.42 Å². The summed E-state index contributed by atoms with van der Waals surface area (Å²) in [5.41, 5.74) is 2.56. The first-order valence-corrected chi connectivity index (χ1v) is 4.95. The van der Waals surface area contributed by atoms with Gasteiger partial charge in [0.1, 0.15) is 0 Å². The monoisotopic (exact) mass is 203 g/mol. The van der Waals surface area contributed by atoms with Crippen molar-refractivity contribution < 1.29 is 4.79 Å². The number of H-pyrrole nitrogens is 1. The minimum atomic E-state index is -0.158. The normalized spacial score (nSPS) is 10.5. The average molecular weight is 203 g/mol. The van der Waals surface area contributed by atoms with Crippen LogP contribution in [-0.4, -0.2) is 23.2 Å². The Morgan fingerprint density at radius 2 is 2.33 bits per heavy atom. The second kappa shape index (κ2) is 3.73. The first kappa shape index (κ1) is 9.71. The Balaban J connectivity index is 2.61. The highest BCUT2D eigenvalue weighted by molar-refractivity contribution is 6.04. The van der Waals surface area contributed by atoms with Crippen LogP contribution in [0.25, 0.3) is 10.9 Å². The third-order valence-corrected chi connectivity index (χ3v) is 2.48. The van der Waals surface area contributed by atoms with E-state index in [2.05, 4.69) is 22.4 Å². The van der Waals surface area contributed by atoms with Crippen LogP contribution in [0.2, 0.25) is 0 Å². The quantitative estimate of drug-likeness (QED) is 0.776. The topological polar surface area (TPSA) is 57.8 Å². The number of hydrogen-bond donors (Lipinski definition) is 2. The average Bonchev–Trinajstić information content (AvgIpc) is 2.70. The summed E-state index contributed by atoms with van der Waals surface area (Å²) in [6.07, 6.45) is 0.953. The molecule has 4 heteroatoms. The Kier molecular flexibility index (Phi) is 2.41. The number of rotatable bonds is 2. The van der Waals surface area contributed by atoms with E-state index in [1.165, 1.54) is 5.56 Å². The first-order valence-electron chi connectivity index (χ1n) is 4.95. The molecule has 2 aromatic rings. The molecule has 15 heavy (non-hydrogen) atoms. The number of aromatic nitrogens is 2. The number of aromatic amines is 1. The molecule has 0 unspecified atom stereocenters. The molecule has 0 fully saturated rings. The summed E-state index contributed by atoms with van der Waals surface area (Å²) in [5, 5.41) is 10.3. The van der Waals surface area contributed by atoms with Gasteiger partial charge in [0, 0.05) is 12.4 Å². The van der Waals surface area contributed by atoms with Gasteiger partial charge in [-0.05, 0) is 24.1 Å². The molecule has 0 aliphatic carbocycles. The summed E-state index contributed by atoms with van der Waals surface area (Å²) in [5.74, 6) is -0.158. The Labute approximate surface area is 87.7 Å². The van der Waals surface area contributed by atoms with Crippen LogP contribution in [0, 0.1) is 0 Å². The highest BCUT2D eigenvalue weighted by atomic mass is 16.1. The second-order valence-corrected chi connectivity index (χ2v) is 3.38. The molecule has 0 saturated heterocycles. The van der Waals surface area contributed by atoms with Crippen molar-refractivity contribution in [3.8, 4) is 0 Å². The van der Waals surface area contributed by atoms with Crippen LogP contribution >= 0.6 is 0 Å². The van der Waals surface area contributed by atoms with Crippen LogP contribution in [0.15, 0.2) is 18.2 Å². The van der Waals surface area contributed by atoms with Gasteiger partial charge < -0.3 is 5.32 Å². The number of amides is 1. The molecule has 0 atom stereocenters. The zero-order valence-electron chi connectivity index (χ0n) is 8.79. The van der Waals surface area contributed by atoms with E-state index in [1.807, 2.05) is 18.2 Å². The number of carbonyl (C=O) groups excluding carboxylic acids is 1. The van der Waals surface area contributed by atoms with Crippen molar-refractivity contribution >= 4 is 16.8 Å². The van der Waals surface area contributed by atoms with Gasteiger partial charge in [-0.25, -0.2) is 0 Å². The highest BCUT2D eigenvalue weighted by Gasteiger charge is 2.12. The van der Waals surface area contributed by atoms with E-state index in [-0.39, 0.29) is 5.91 Å². The smallest absolute Gasteiger partial charge is 0.272 e. The fourth-order valence-electron chi connectivity index (χ4n) is 1.57. The maximum atomic E-state index is 11.5. The van der Waals surface area contributed by atoms with Gasteiger partial charge in [-0.15, -0.1) is 0 Å². The van der Waals surface area contributed by atoms with Crippen LogP contribution in [0.5, 0.6) is 0 Å². The first-order chi connectivity index (χ1) is 7.26. The van der Waals surface area contributed by atoms with Gasteiger partial charge in [0.05, 0.1) is 5.52 Å². The molecule has 1 aromatic carbocycles. The number of carbonyl (C=O) groups is 1. The molecule has 0 spiro atoms. The van der Waals surface area contributed by atoms with Gasteiger partial charge in [0.25, 0.3) is 5.91 Å². The van der Waals surface area contributed by atoms with Crippen molar-refractivity contribution in [3.05, 3.63) is 29.5 Å². The van der Waals surface area contributed by atoms with Gasteiger partial charge in [0.15, 0.2) is 5.69 Å². The predicted molar refractivity (Wildman–Crippen MR) is 58.9 cm³/mol. The van der Waals surface area contributed by atoms with Gasteiger partial charge in [0.2, 0.25) is 0 Å². The number of nitrogens with one attached hydrogen (secondary N) is 2. The Morgan fingerprint density at radius 1 is 1.53 bits per heavy atom. The number of fused-ring (bicyclic) bond motifs is 1. The zero-order valence-corrected chi connectivity index (χ0v) is 8.79. The van der Waals surface area contributed by atoms with Crippen LogP contribution in [0.1, 0.15) is 23.0 Å². The van der Waals surface area contributed by atoms with Gasteiger partial charge in [-0.1, -0.05) is 13.0 Å². The van der Waals surface area contributed by atoms with E-state index in [4.69, 9.17) is 0 Å². The Morgan fingerprint density at radius 3 is 3.00 bits per heavy atom. The minimum Gasteiger partial charge on any atom is -0.354 e. The molecule has 4 nitrogen and oxygen atoms in total. The number of benzene rings is 1. The van der Waals surface area contributed by atoms with Gasteiger partial charge in [-0.2, -0.15) is 5.10 Å². The molecule has 1 heterocycles. The molecule has 0 radical (unpaired) electrons. The Hall–Kier alpha value is -1.84. The van der Waals surface area contributed by atoms with E-state index >= 15 is 0 Å². The molecule has 0 saturated carbocycles. The van der Waals surface area contributed by atoms with Crippen LogP contribution in [0.3, 0.4) is 0 Å². The highest BCUT2D eigenvalue weighted by Crippen LogP contribution is 2.17. The fraction of sp³-hybridized carbons (Fsp3) is 0.273. The van der Waals surface area contributed by atoms with Gasteiger partial charge in [-0.3, -0.25) is 9.89 Å². The molecule has 2 rings (SSSR count). The van der Waals surface area contributed by atoms with Gasteiger partial charge >= 0.3 is 0 Å². The molecular weight excluding hydrogens is 190 g/mol. The summed E-state index contributed by atoms with van der Waals surface area (Å²) in [7, 11) is 1.60. The molecule has 0 aliphatic rings. The van der Waals surface area contributed by atoms with Crippen LogP contribution in [0.4, 0.5) is 0 Å². The molecule has 1 amide bonds. The number of nitrogens with zero attached hydrogens (tertiary/aromatic N) is 1. The lowest BCUT2D eigenvalue weighted by molar-refractivity contribution is 0.0959. The molecule has 2 N–H and O–H groups in total. The molecule has 0 aliphatic heterocycles. The lowest BCUT2D eigenvalue weighted by Gasteiger charge is -1.98. The van der Waals surface area contributed by atoms with Crippen molar-refractivity contribution in [2.45, 2.75) is 13.3 Å². The number of hydrogen-bond acceptors (Lipinski definition) is 2. The van der Waals surface area contributed by atoms with Crippen molar-refractivity contribution in [2.75, 3.05) is 7.05 Å². The molecular formula is C11H13N3O. The lowest BCUT2D eigenvalue weighted by atomic mass is 10.1. The standard InChI is InChI=1S/C11H13N3O/c1-3-7-4-5-9-8(6-7)10(14-13-9)11(15)12-2/h4-6H,3H2,1-2H3,(H,12,15)(H,13,14). The number of aryl methyl sites for hydroxylation is 1. The van der Waals surface area contributed by atoms with Crippen molar-refractivity contribution in [3.63, 3.8) is 0 Å². The largest absolute Gasteiger partial charge is 0.354 e. The predicted octanol–water partition coefficient (Wildman–Crippen LogP) is 1.48. The summed E-state index contributed by atoms with van der Waals surface area (Å²) < 4.78 is 0. The molecule has 0 bridgehead atoms. The van der Waals surface area contributed by atoms with E-state index in [0.717, 1.165) is 17.3 Å². The van der Waals surface area contributed by atoms with E-state index < -0.39 is 0 Å². The third kappa shape index (κ3) is 1.58. The third-order valence-electron chi connectivity index (χ3n) is 2.48. The maximum absolute atomic E-state index is 11.5. The zero-order chi connectivity index (χ0) is 10.8. The fourth-order valence-corrected chi connectivity index (χ4v) is 1.57. The van der Waals surface area contributed by atoms with Crippen molar-refractivity contribution in [1.82, 2.24) is 15.5 Å². The summed E-state index contributed by atoms with van der Waals surface area (Å²) in [6, 6.07) is 5.99. The summed E-state index contributed by atoms with van der Waals surface area (Å²) in [6.45, 7) is 2.08. The Bertz CT molecular complexity index is 502.